The Labute approximate surface area is 115 Å². The van der Waals surface area contributed by atoms with E-state index in [0.29, 0.717) is 0 Å². The second-order valence-corrected chi connectivity index (χ2v) is 11.5. The molecule has 2 rings (SSSR count). The molecule has 0 unspecified atom stereocenters. The van der Waals surface area contributed by atoms with Gasteiger partial charge in [-0.3, -0.25) is 4.98 Å². The molecule has 1 nitrogen and oxygen atoms in total. The first-order valence-electron chi connectivity index (χ1n) is 6.18. The number of rotatable bonds is 4. The first-order valence-corrected chi connectivity index (χ1v) is 10.7. The van der Waals surface area contributed by atoms with Crippen LogP contribution in [0.1, 0.15) is 5.56 Å². The Morgan fingerprint density at radius 2 is 1.56 bits per heavy atom. The molecule has 0 bridgehead atoms. The number of pyridine rings is 1. The van der Waals surface area contributed by atoms with E-state index in [1.165, 1.54) is 15.6 Å². The average molecular weight is 273 g/mol. The van der Waals surface area contributed by atoms with Crippen LogP contribution in [0.15, 0.2) is 53.7 Å². The SMILES string of the molecule is C[Si](C)(C)c1ccc(CSc2ccncc2)cc1. The normalized spacial score (nSPS) is 11.5. The van der Waals surface area contributed by atoms with E-state index in [0.717, 1.165) is 5.75 Å². The minimum absolute atomic E-state index is 1.02. The van der Waals surface area contributed by atoms with Gasteiger partial charge in [-0.05, 0) is 17.7 Å². The summed E-state index contributed by atoms with van der Waals surface area (Å²) in [6.07, 6.45) is 3.69. The molecule has 0 saturated carbocycles. The van der Waals surface area contributed by atoms with Crippen LogP contribution in [0.25, 0.3) is 0 Å². The highest BCUT2D eigenvalue weighted by atomic mass is 32.2. The van der Waals surface area contributed by atoms with Crippen LogP contribution in [-0.4, -0.2) is 13.1 Å². The van der Waals surface area contributed by atoms with Crippen molar-refractivity contribution in [3.63, 3.8) is 0 Å². The molecular formula is C15H19NSSi. The zero-order valence-corrected chi connectivity index (χ0v) is 13.0. The number of aromatic nitrogens is 1. The summed E-state index contributed by atoms with van der Waals surface area (Å²) in [5.41, 5.74) is 1.39. The van der Waals surface area contributed by atoms with Gasteiger partial charge >= 0.3 is 0 Å². The number of thioether (sulfide) groups is 1. The summed E-state index contributed by atoms with van der Waals surface area (Å²) in [6, 6.07) is 13.2. The third kappa shape index (κ3) is 3.72. The molecule has 0 radical (unpaired) electrons. The predicted molar refractivity (Wildman–Crippen MR) is 83.2 cm³/mol. The van der Waals surface area contributed by atoms with E-state index in [2.05, 4.69) is 61.0 Å². The van der Waals surface area contributed by atoms with Gasteiger partial charge in [-0.2, -0.15) is 0 Å². The highest BCUT2D eigenvalue weighted by molar-refractivity contribution is 7.98. The van der Waals surface area contributed by atoms with Crippen LogP contribution in [0.4, 0.5) is 0 Å². The molecule has 1 heterocycles. The van der Waals surface area contributed by atoms with Gasteiger partial charge in [-0.1, -0.05) is 49.1 Å². The zero-order valence-electron chi connectivity index (χ0n) is 11.2. The maximum absolute atomic E-state index is 4.03. The standard InChI is InChI=1S/C15H19NSSi/c1-18(2,3)15-6-4-13(5-7-15)12-17-14-8-10-16-11-9-14/h4-11H,12H2,1-3H3. The van der Waals surface area contributed by atoms with Gasteiger partial charge in [0.05, 0.1) is 8.07 Å². The molecule has 0 spiro atoms. The van der Waals surface area contributed by atoms with Crippen molar-refractivity contribution in [2.24, 2.45) is 0 Å². The lowest BCUT2D eigenvalue weighted by molar-refractivity contribution is 1.26. The van der Waals surface area contributed by atoms with Crippen molar-refractivity contribution >= 4 is 25.0 Å². The summed E-state index contributed by atoms with van der Waals surface area (Å²) in [5, 5.41) is 1.53. The molecule has 2 aromatic rings. The Bertz CT molecular complexity index is 488. The molecule has 94 valence electrons. The molecule has 1 aromatic heterocycles. The maximum atomic E-state index is 4.03. The number of hydrogen-bond acceptors (Lipinski definition) is 2. The molecule has 0 aliphatic heterocycles. The predicted octanol–water partition coefficient (Wildman–Crippen LogP) is 3.92. The van der Waals surface area contributed by atoms with Crippen LogP contribution in [0.2, 0.25) is 19.6 Å². The summed E-state index contributed by atoms with van der Waals surface area (Å²) in [4.78, 5) is 5.31. The number of benzene rings is 1. The third-order valence-electron chi connectivity index (χ3n) is 2.88. The summed E-state index contributed by atoms with van der Waals surface area (Å²) >= 11 is 1.86. The molecular weight excluding hydrogens is 254 g/mol. The smallest absolute Gasteiger partial charge is 0.0775 e. The van der Waals surface area contributed by atoms with Crippen molar-refractivity contribution in [2.45, 2.75) is 30.3 Å². The summed E-state index contributed by atoms with van der Waals surface area (Å²) < 4.78 is 0. The van der Waals surface area contributed by atoms with Crippen molar-refractivity contribution in [3.8, 4) is 0 Å². The lowest BCUT2D eigenvalue weighted by atomic mass is 10.2. The van der Waals surface area contributed by atoms with Gasteiger partial charge in [0.25, 0.3) is 0 Å². The van der Waals surface area contributed by atoms with Gasteiger partial charge in [0, 0.05) is 23.0 Å². The monoisotopic (exact) mass is 273 g/mol. The van der Waals surface area contributed by atoms with Crippen molar-refractivity contribution < 1.29 is 0 Å². The van der Waals surface area contributed by atoms with Crippen molar-refractivity contribution in [3.05, 3.63) is 54.4 Å². The van der Waals surface area contributed by atoms with Gasteiger partial charge < -0.3 is 0 Å². The quantitative estimate of drug-likeness (QED) is 0.618. The van der Waals surface area contributed by atoms with Crippen molar-refractivity contribution in [1.29, 1.82) is 0 Å². The fraction of sp³-hybridized carbons (Fsp3) is 0.267. The highest BCUT2D eigenvalue weighted by Gasteiger charge is 2.15. The largest absolute Gasteiger partial charge is 0.265 e. The molecule has 0 fully saturated rings. The lowest BCUT2D eigenvalue weighted by Crippen LogP contribution is -2.37. The molecule has 0 amide bonds. The van der Waals surface area contributed by atoms with Crippen LogP contribution < -0.4 is 5.19 Å². The summed E-state index contributed by atoms with van der Waals surface area (Å²) in [7, 11) is -1.16. The zero-order chi connectivity index (χ0) is 13.0. The van der Waals surface area contributed by atoms with Crippen LogP contribution in [0, 0.1) is 0 Å². The van der Waals surface area contributed by atoms with Crippen molar-refractivity contribution in [2.75, 3.05) is 0 Å². The Kier molecular flexibility index (Phi) is 4.25. The third-order valence-corrected chi connectivity index (χ3v) is 6.02. The Morgan fingerprint density at radius 1 is 0.944 bits per heavy atom. The number of hydrogen-bond donors (Lipinski definition) is 0. The first-order chi connectivity index (χ1) is 8.55. The molecule has 0 aliphatic rings. The topological polar surface area (TPSA) is 12.9 Å². The second kappa shape index (κ2) is 5.72. The minimum Gasteiger partial charge on any atom is -0.265 e. The maximum Gasteiger partial charge on any atom is 0.0775 e. The van der Waals surface area contributed by atoms with Crippen LogP contribution in [-0.2, 0) is 5.75 Å². The fourth-order valence-electron chi connectivity index (χ4n) is 1.70. The van der Waals surface area contributed by atoms with Gasteiger partial charge in [-0.25, -0.2) is 0 Å². The van der Waals surface area contributed by atoms with E-state index in [9.17, 15) is 0 Å². The van der Waals surface area contributed by atoms with E-state index >= 15 is 0 Å². The lowest BCUT2D eigenvalue weighted by Gasteiger charge is -2.16. The summed E-state index contributed by atoms with van der Waals surface area (Å²) in [6.45, 7) is 7.15. The minimum atomic E-state index is -1.16. The van der Waals surface area contributed by atoms with Gasteiger partial charge in [-0.15, -0.1) is 11.8 Å². The van der Waals surface area contributed by atoms with E-state index in [1.807, 2.05) is 24.2 Å². The fourth-order valence-corrected chi connectivity index (χ4v) is 3.71. The van der Waals surface area contributed by atoms with Crippen LogP contribution >= 0.6 is 11.8 Å². The Morgan fingerprint density at radius 3 is 2.11 bits per heavy atom. The first kappa shape index (κ1) is 13.4. The Balaban J connectivity index is 1.99. The molecule has 0 saturated heterocycles. The van der Waals surface area contributed by atoms with Crippen molar-refractivity contribution in [1.82, 2.24) is 4.98 Å². The molecule has 0 atom stereocenters. The molecule has 3 heteroatoms. The van der Waals surface area contributed by atoms with E-state index in [1.54, 1.807) is 0 Å². The van der Waals surface area contributed by atoms with Crippen LogP contribution in [0.5, 0.6) is 0 Å². The van der Waals surface area contributed by atoms with E-state index in [-0.39, 0.29) is 0 Å². The molecule has 0 N–H and O–H groups in total. The second-order valence-electron chi connectivity index (χ2n) is 5.42. The molecule has 0 aliphatic carbocycles. The van der Waals surface area contributed by atoms with E-state index in [4.69, 9.17) is 0 Å². The van der Waals surface area contributed by atoms with Gasteiger partial charge in [0.15, 0.2) is 0 Å². The van der Waals surface area contributed by atoms with Gasteiger partial charge in [0.1, 0.15) is 0 Å². The average Bonchev–Trinajstić information content (AvgIpc) is 2.37. The number of nitrogens with zero attached hydrogens (tertiary/aromatic N) is 1. The molecule has 1 aromatic carbocycles. The highest BCUT2D eigenvalue weighted by Crippen LogP contribution is 2.21. The molecule has 18 heavy (non-hydrogen) atoms. The Hall–Kier alpha value is -1.06. The van der Waals surface area contributed by atoms with Gasteiger partial charge in [0.2, 0.25) is 0 Å². The summed E-state index contributed by atoms with van der Waals surface area (Å²) in [5.74, 6) is 1.02. The van der Waals surface area contributed by atoms with E-state index < -0.39 is 8.07 Å². The van der Waals surface area contributed by atoms with Crippen LogP contribution in [0.3, 0.4) is 0 Å².